The molecule has 6 nitrogen and oxygen atoms in total. The standard InChI is InChI=1S/C15H28N2O4S/c1-15(2,3)21-14(18)16(4)12-6-5-8-17(10-12)13-7-9-22(19,20)11-13/h12-13H,5-11H2,1-4H3/t12-,13-/m0/s1. The molecule has 0 spiro atoms. The Kier molecular flexibility index (Phi) is 5.06. The molecular weight excluding hydrogens is 304 g/mol. The van der Waals surface area contributed by atoms with E-state index in [9.17, 15) is 13.2 Å². The number of hydrogen-bond donors (Lipinski definition) is 0. The summed E-state index contributed by atoms with van der Waals surface area (Å²) in [4.78, 5) is 16.1. The van der Waals surface area contributed by atoms with E-state index in [2.05, 4.69) is 4.90 Å². The maximum absolute atomic E-state index is 12.2. The number of hydrogen-bond acceptors (Lipinski definition) is 5. The summed E-state index contributed by atoms with van der Waals surface area (Å²) in [6.07, 6.45) is 2.32. The molecule has 0 aromatic rings. The number of amides is 1. The molecule has 128 valence electrons. The van der Waals surface area contributed by atoms with Crippen LogP contribution in [-0.4, -0.2) is 73.6 Å². The van der Waals surface area contributed by atoms with Crippen LogP contribution >= 0.6 is 0 Å². The molecule has 0 aromatic heterocycles. The SMILES string of the molecule is CN(C(=O)OC(C)(C)C)[C@H]1CCCN([C@H]2CCS(=O)(=O)C2)C1. The van der Waals surface area contributed by atoms with Crippen LogP contribution in [0.4, 0.5) is 4.79 Å². The van der Waals surface area contributed by atoms with E-state index < -0.39 is 15.4 Å². The van der Waals surface area contributed by atoms with Crippen molar-refractivity contribution in [1.82, 2.24) is 9.80 Å². The minimum atomic E-state index is -2.87. The minimum absolute atomic E-state index is 0.0897. The molecule has 0 bridgehead atoms. The summed E-state index contributed by atoms with van der Waals surface area (Å²) in [6.45, 7) is 7.22. The third-order valence-electron chi connectivity index (χ3n) is 4.38. The van der Waals surface area contributed by atoms with Gasteiger partial charge in [0.25, 0.3) is 0 Å². The number of sulfone groups is 1. The lowest BCUT2D eigenvalue weighted by molar-refractivity contribution is 0.0108. The fraction of sp³-hybridized carbons (Fsp3) is 0.933. The Bertz CT molecular complexity index is 512. The van der Waals surface area contributed by atoms with Gasteiger partial charge in [0, 0.05) is 25.7 Å². The zero-order valence-corrected chi connectivity index (χ0v) is 14.9. The molecule has 2 heterocycles. The van der Waals surface area contributed by atoms with Gasteiger partial charge in [-0.15, -0.1) is 0 Å². The Balaban J connectivity index is 1.94. The van der Waals surface area contributed by atoms with Crippen LogP contribution in [0.15, 0.2) is 0 Å². The van der Waals surface area contributed by atoms with Gasteiger partial charge in [-0.25, -0.2) is 13.2 Å². The molecule has 2 aliphatic rings. The van der Waals surface area contributed by atoms with E-state index in [1.165, 1.54) is 0 Å². The quantitative estimate of drug-likeness (QED) is 0.767. The average molecular weight is 332 g/mol. The van der Waals surface area contributed by atoms with Crippen LogP contribution in [0.25, 0.3) is 0 Å². The molecule has 2 aliphatic heterocycles. The predicted molar refractivity (Wildman–Crippen MR) is 85.7 cm³/mol. The van der Waals surface area contributed by atoms with Gasteiger partial charge < -0.3 is 9.64 Å². The number of carbonyl (C=O) groups excluding carboxylic acids is 1. The number of likely N-dealkylation sites (tertiary alicyclic amines) is 1. The van der Waals surface area contributed by atoms with Crippen LogP contribution in [0.1, 0.15) is 40.0 Å². The maximum atomic E-state index is 12.2. The van der Waals surface area contributed by atoms with Gasteiger partial charge in [0.05, 0.1) is 11.5 Å². The van der Waals surface area contributed by atoms with Crippen molar-refractivity contribution in [2.75, 3.05) is 31.6 Å². The maximum Gasteiger partial charge on any atom is 0.410 e. The number of rotatable bonds is 2. The first kappa shape index (κ1) is 17.5. The van der Waals surface area contributed by atoms with E-state index in [1.54, 1.807) is 11.9 Å². The lowest BCUT2D eigenvalue weighted by atomic mass is 10.0. The Hall–Kier alpha value is -0.820. The molecule has 1 amide bonds. The molecule has 2 saturated heterocycles. The molecule has 2 rings (SSSR count). The smallest absolute Gasteiger partial charge is 0.410 e. The van der Waals surface area contributed by atoms with Gasteiger partial charge in [-0.05, 0) is 46.6 Å². The summed E-state index contributed by atoms with van der Waals surface area (Å²) < 4.78 is 28.7. The van der Waals surface area contributed by atoms with Crippen molar-refractivity contribution >= 4 is 15.9 Å². The first-order valence-corrected chi connectivity index (χ1v) is 9.80. The highest BCUT2D eigenvalue weighted by Crippen LogP contribution is 2.24. The monoisotopic (exact) mass is 332 g/mol. The molecule has 0 aliphatic carbocycles. The van der Waals surface area contributed by atoms with Crippen LogP contribution in [0.2, 0.25) is 0 Å². The molecule has 2 atom stereocenters. The zero-order chi connectivity index (χ0) is 16.5. The molecule has 0 saturated carbocycles. The second kappa shape index (κ2) is 6.35. The number of likely N-dealkylation sites (N-methyl/N-ethyl adjacent to an activating group) is 1. The van der Waals surface area contributed by atoms with E-state index in [0.29, 0.717) is 12.2 Å². The van der Waals surface area contributed by atoms with Crippen LogP contribution in [-0.2, 0) is 14.6 Å². The highest BCUT2D eigenvalue weighted by atomic mass is 32.2. The van der Waals surface area contributed by atoms with Crippen molar-refractivity contribution in [3.05, 3.63) is 0 Å². The molecular formula is C15H28N2O4S. The first-order valence-electron chi connectivity index (χ1n) is 7.98. The number of ether oxygens (including phenoxy) is 1. The molecule has 2 fully saturated rings. The normalized spacial score (nSPS) is 29.3. The Morgan fingerprint density at radius 3 is 2.50 bits per heavy atom. The highest BCUT2D eigenvalue weighted by Gasteiger charge is 2.36. The van der Waals surface area contributed by atoms with E-state index in [0.717, 1.165) is 25.9 Å². The topological polar surface area (TPSA) is 66.9 Å². The first-order chi connectivity index (χ1) is 10.1. The molecule has 0 radical (unpaired) electrons. The minimum Gasteiger partial charge on any atom is -0.444 e. The molecule has 22 heavy (non-hydrogen) atoms. The van der Waals surface area contributed by atoms with Gasteiger partial charge >= 0.3 is 6.09 Å². The van der Waals surface area contributed by atoms with Crippen molar-refractivity contribution in [2.24, 2.45) is 0 Å². The van der Waals surface area contributed by atoms with Gasteiger partial charge in [0.1, 0.15) is 5.60 Å². The molecule has 0 aromatic carbocycles. The average Bonchev–Trinajstić information content (AvgIpc) is 2.76. The van der Waals surface area contributed by atoms with Crippen molar-refractivity contribution in [3.8, 4) is 0 Å². The van der Waals surface area contributed by atoms with Crippen molar-refractivity contribution in [2.45, 2.75) is 57.7 Å². The fourth-order valence-corrected chi connectivity index (χ4v) is 4.94. The third kappa shape index (κ3) is 4.59. The van der Waals surface area contributed by atoms with Gasteiger partial charge in [0.15, 0.2) is 9.84 Å². The van der Waals surface area contributed by atoms with E-state index >= 15 is 0 Å². The molecule has 7 heteroatoms. The lowest BCUT2D eigenvalue weighted by Gasteiger charge is -2.40. The van der Waals surface area contributed by atoms with E-state index in [4.69, 9.17) is 4.74 Å². The summed E-state index contributed by atoms with van der Waals surface area (Å²) in [5, 5.41) is 0. The van der Waals surface area contributed by atoms with Gasteiger partial charge in [-0.3, -0.25) is 4.90 Å². The number of nitrogens with zero attached hydrogens (tertiary/aromatic N) is 2. The summed E-state index contributed by atoms with van der Waals surface area (Å²) in [6, 6.07) is 0.201. The second-order valence-corrected chi connectivity index (χ2v) is 9.67. The van der Waals surface area contributed by atoms with Crippen LogP contribution in [0, 0.1) is 0 Å². The summed E-state index contributed by atoms with van der Waals surface area (Å²) in [5.41, 5.74) is -0.501. The van der Waals surface area contributed by atoms with E-state index in [-0.39, 0.29) is 23.9 Å². The number of piperidine rings is 1. The zero-order valence-electron chi connectivity index (χ0n) is 14.0. The van der Waals surface area contributed by atoms with Crippen LogP contribution in [0.5, 0.6) is 0 Å². The number of carbonyl (C=O) groups is 1. The van der Waals surface area contributed by atoms with Gasteiger partial charge in [0.2, 0.25) is 0 Å². The Morgan fingerprint density at radius 1 is 1.27 bits per heavy atom. The summed E-state index contributed by atoms with van der Waals surface area (Å²) in [7, 11) is -1.10. The Labute approximate surface area is 133 Å². The Morgan fingerprint density at radius 2 is 1.95 bits per heavy atom. The van der Waals surface area contributed by atoms with Gasteiger partial charge in [-0.2, -0.15) is 0 Å². The predicted octanol–water partition coefficient (Wildman–Crippen LogP) is 1.50. The van der Waals surface area contributed by atoms with Crippen molar-refractivity contribution in [1.29, 1.82) is 0 Å². The third-order valence-corrected chi connectivity index (χ3v) is 6.13. The highest BCUT2D eigenvalue weighted by molar-refractivity contribution is 7.91. The van der Waals surface area contributed by atoms with Crippen LogP contribution < -0.4 is 0 Å². The van der Waals surface area contributed by atoms with E-state index in [1.807, 2.05) is 20.8 Å². The fourth-order valence-electron chi connectivity index (χ4n) is 3.18. The second-order valence-electron chi connectivity index (χ2n) is 7.44. The molecule has 0 N–H and O–H groups in total. The van der Waals surface area contributed by atoms with Gasteiger partial charge in [-0.1, -0.05) is 0 Å². The summed E-state index contributed by atoms with van der Waals surface area (Å²) in [5.74, 6) is 0.552. The van der Waals surface area contributed by atoms with Crippen LogP contribution in [0.3, 0.4) is 0 Å². The van der Waals surface area contributed by atoms with Crippen molar-refractivity contribution < 1.29 is 17.9 Å². The summed E-state index contributed by atoms with van der Waals surface area (Å²) >= 11 is 0. The van der Waals surface area contributed by atoms with Crippen molar-refractivity contribution in [3.63, 3.8) is 0 Å². The largest absolute Gasteiger partial charge is 0.444 e. The molecule has 0 unspecified atom stereocenters. The lowest BCUT2D eigenvalue weighted by Crippen LogP contribution is -2.52.